The van der Waals surface area contributed by atoms with E-state index >= 15 is 0 Å². The first-order valence-electron chi connectivity index (χ1n) is 5.37. The molecule has 0 aliphatic heterocycles. The number of benzene rings is 2. The van der Waals surface area contributed by atoms with Gasteiger partial charge >= 0.3 is 0 Å². The molecule has 1 aliphatic rings. The van der Waals surface area contributed by atoms with Crippen molar-refractivity contribution < 1.29 is 10.1 Å². The maximum Gasteiger partial charge on any atom is 0.168 e. The van der Waals surface area contributed by atoms with Crippen LogP contribution in [0.25, 0.3) is 0 Å². The summed E-state index contributed by atoms with van der Waals surface area (Å²) in [6, 6.07) is 14.2. The molecule has 0 saturated heterocycles. The number of hydrogen-bond acceptors (Lipinski definition) is 2. The maximum absolute atomic E-state index is 8.84. The van der Waals surface area contributed by atoms with Crippen LogP contribution in [0.5, 0.6) is 5.75 Å². The summed E-state index contributed by atoms with van der Waals surface area (Å²) in [5.74, 6) is 0.576. The van der Waals surface area contributed by atoms with Crippen molar-refractivity contribution >= 4 is 0 Å². The molecule has 2 nitrogen and oxygen atoms in total. The molecule has 2 aromatic rings. The van der Waals surface area contributed by atoms with Crippen LogP contribution in [-0.2, 0) is 12.8 Å². The van der Waals surface area contributed by atoms with E-state index in [0.717, 1.165) is 18.4 Å². The Labute approximate surface area is 94.0 Å². The monoisotopic (exact) mass is 212 g/mol. The van der Waals surface area contributed by atoms with Crippen LogP contribution in [0.1, 0.15) is 22.3 Å². The molecule has 2 heteroatoms. The first-order chi connectivity index (χ1) is 7.88. The molecule has 1 aliphatic carbocycles. The van der Waals surface area contributed by atoms with Crippen LogP contribution in [0.2, 0.25) is 0 Å². The fourth-order valence-electron chi connectivity index (χ4n) is 2.36. The molecule has 16 heavy (non-hydrogen) atoms. The van der Waals surface area contributed by atoms with Gasteiger partial charge in [0.05, 0.1) is 0 Å². The summed E-state index contributed by atoms with van der Waals surface area (Å²) in [6.45, 7) is 0. The molecule has 80 valence electrons. The minimum atomic E-state index is 0.576. The number of fused-ring (bicyclic) bond motifs is 2. The predicted octanol–water partition coefficient (Wildman–Crippen LogP) is 3.03. The Morgan fingerprint density at radius 2 is 1.50 bits per heavy atom. The lowest BCUT2D eigenvalue weighted by Gasteiger charge is -2.20. The Balaban J connectivity index is 2.12. The van der Waals surface area contributed by atoms with E-state index in [1.165, 1.54) is 16.7 Å². The van der Waals surface area contributed by atoms with Crippen molar-refractivity contribution in [2.75, 3.05) is 0 Å². The lowest BCUT2D eigenvalue weighted by molar-refractivity contribution is -0.138. The molecule has 0 spiro atoms. The normalized spacial score (nSPS) is 12.8. The third-order valence-corrected chi connectivity index (χ3v) is 3.19. The van der Waals surface area contributed by atoms with Gasteiger partial charge in [0.15, 0.2) is 5.75 Å². The minimum absolute atomic E-state index is 0.576. The first kappa shape index (κ1) is 9.43. The molecule has 0 amide bonds. The highest BCUT2D eigenvalue weighted by Gasteiger charge is 2.18. The molecule has 2 aromatic carbocycles. The Hall–Kier alpha value is -1.80. The van der Waals surface area contributed by atoms with Crippen LogP contribution in [0.3, 0.4) is 0 Å². The van der Waals surface area contributed by atoms with Gasteiger partial charge in [0, 0.05) is 12.0 Å². The van der Waals surface area contributed by atoms with Crippen LogP contribution in [0.15, 0.2) is 42.5 Å². The van der Waals surface area contributed by atoms with Crippen LogP contribution < -0.4 is 4.89 Å². The fraction of sp³-hybridized carbons (Fsp3) is 0.143. The van der Waals surface area contributed by atoms with Gasteiger partial charge in [-0.3, -0.25) is 0 Å². The molecule has 0 radical (unpaired) electrons. The second kappa shape index (κ2) is 3.65. The summed E-state index contributed by atoms with van der Waals surface area (Å²) < 4.78 is 0. The first-order valence-corrected chi connectivity index (χ1v) is 5.37. The van der Waals surface area contributed by atoms with E-state index in [-0.39, 0.29) is 0 Å². The third kappa shape index (κ3) is 1.39. The number of rotatable bonds is 1. The molecule has 0 unspecified atom stereocenters. The highest BCUT2D eigenvalue weighted by atomic mass is 17.1. The van der Waals surface area contributed by atoms with E-state index in [1.54, 1.807) is 6.07 Å². The van der Waals surface area contributed by atoms with E-state index in [1.807, 2.05) is 12.1 Å². The van der Waals surface area contributed by atoms with Crippen molar-refractivity contribution in [3.63, 3.8) is 0 Å². The second-order valence-corrected chi connectivity index (χ2v) is 4.11. The second-order valence-electron chi connectivity index (χ2n) is 4.11. The Morgan fingerprint density at radius 1 is 0.812 bits per heavy atom. The third-order valence-electron chi connectivity index (χ3n) is 3.19. The van der Waals surface area contributed by atoms with Crippen LogP contribution in [-0.4, -0.2) is 5.26 Å². The van der Waals surface area contributed by atoms with Crippen LogP contribution >= 0.6 is 0 Å². The molecule has 0 heterocycles. The zero-order valence-electron chi connectivity index (χ0n) is 8.81. The van der Waals surface area contributed by atoms with E-state index in [2.05, 4.69) is 29.2 Å². The zero-order valence-corrected chi connectivity index (χ0v) is 8.81. The van der Waals surface area contributed by atoms with Gasteiger partial charge in [-0.2, -0.15) is 0 Å². The highest BCUT2D eigenvalue weighted by Crippen LogP contribution is 2.32. The highest BCUT2D eigenvalue weighted by molar-refractivity contribution is 5.50. The molecular weight excluding hydrogens is 200 g/mol. The van der Waals surface area contributed by atoms with Gasteiger partial charge in [-0.1, -0.05) is 36.4 Å². The molecule has 0 fully saturated rings. The Morgan fingerprint density at radius 3 is 2.25 bits per heavy atom. The van der Waals surface area contributed by atoms with Crippen molar-refractivity contribution in [2.45, 2.75) is 12.8 Å². The molecule has 1 N–H and O–H groups in total. The summed E-state index contributed by atoms with van der Waals surface area (Å²) in [7, 11) is 0. The Kier molecular flexibility index (Phi) is 2.15. The zero-order chi connectivity index (χ0) is 11.0. The van der Waals surface area contributed by atoms with Crippen molar-refractivity contribution in [3.05, 3.63) is 64.7 Å². The molecule has 0 bridgehead atoms. The molecular formula is C14H12O2. The van der Waals surface area contributed by atoms with Crippen molar-refractivity contribution in [1.82, 2.24) is 0 Å². The van der Waals surface area contributed by atoms with Gasteiger partial charge in [0.2, 0.25) is 0 Å². The summed E-state index contributed by atoms with van der Waals surface area (Å²) in [5, 5.41) is 8.84. The van der Waals surface area contributed by atoms with Crippen molar-refractivity contribution in [2.24, 2.45) is 0 Å². The predicted molar refractivity (Wildman–Crippen MR) is 61.8 cm³/mol. The lowest BCUT2D eigenvalue weighted by atomic mass is 9.86. The van der Waals surface area contributed by atoms with Gasteiger partial charge in [-0.15, -0.1) is 0 Å². The largest absolute Gasteiger partial charge is 0.340 e. The molecule has 0 atom stereocenters. The summed E-state index contributed by atoms with van der Waals surface area (Å²) in [4.78, 5) is 4.43. The van der Waals surface area contributed by atoms with E-state index in [4.69, 9.17) is 5.26 Å². The Bertz CT molecular complexity index is 532. The van der Waals surface area contributed by atoms with Crippen molar-refractivity contribution in [3.8, 4) is 5.75 Å². The minimum Gasteiger partial charge on any atom is -0.340 e. The SMILES string of the molecule is OOc1cccc2c1Cc1ccccc1C2. The van der Waals surface area contributed by atoms with Crippen LogP contribution in [0, 0.1) is 0 Å². The average molecular weight is 212 g/mol. The molecule has 0 saturated carbocycles. The van der Waals surface area contributed by atoms with Gasteiger partial charge in [-0.25, -0.2) is 5.26 Å². The lowest BCUT2D eigenvalue weighted by Crippen LogP contribution is -2.08. The fourth-order valence-corrected chi connectivity index (χ4v) is 2.36. The van der Waals surface area contributed by atoms with Gasteiger partial charge in [-0.05, 0) is 29.2 Å². The summed E-state index contributed by atoms with van der Waals surface area (Å²) in [5.41, 5.74) is 5.03. The van der Waals surface area contributed by atoms with E-state index in [0.29, 0.717) is 5.75 Å². The molecule has 3 rings (SSSR count). The number of hydrogen-bond donors (Lipinski definition) is 1. The van der Waals surface area contributed by atoms with Gasteiger partial charge < -0.3 is 4.89 Å². The quantitative estimate of drug-likeness (QED) is 0.496. The van der Waals surface area contributed by atoms with Gasteiger partial charge in [0.25, 0.3) is 0 Å². The van der Waals surface area contributed by atoms with E-state index in [9.17, 15) is 0 Å². The van der Waals surface area contributed by atoms with Crippen molar-refractivity contribution in [1.29, 1.82) is 0 Å². The summed E-state index contributed by atoms with van der Waals surface area (Å²) in [6.07, 6.45) is 1.75. The summed E-state index contributed by atoms with van der Waals surface area (Å²) >= 11 is 0. The smallest absolute Gasteiger partial charge is 0.168 e. The maximum atomic E-state index is 8.84. The van der Waals surface area contributed by atoms with Crippen LogP contribution in [0.4, 0.5) is 0 Å². The standard InChI is InChI=1S/C14H12O2/c15-16-14-7-3-6-12-8-10-4-1-2-5-11(10)9-13(12)14/h1-7,15H,8-9H2. The molecule has 0 aromatic heterocycles. The topological polar surface area (TPSA) is 29.5 Å². The van der Waals surface area contributed by atoms with E-state index < -0.39 is 0 Å². The van der Waals surface area contributed by atoms with Gasteiger partial charge in [0.1, 0.15) is 0 Å². The average Bonchev–Trinajstić information content (AvgIpc) is 2.35.